The van der Waals surface area contributed by atoms with E-state index in [1.165, 1.54) is 22.4 Å². The maximum atomic E-state index is 3.37. The molecule has 0 saturated carbocycles. The van der Waals surface area contributed by atoms with Crippen molar-refractivity contribution in [1.29, 1.82) is 0 Å². The van der Waals surface area contributed by atoms with Crippen molar-refractivity contribution in [3.63, 3.8) is 0 Å². The van der Waals surface area contributed by atoms with Crippen molar-refractivity contribution in [2.45, 2.75) is 50.8 Å². The van der Waals surface area contributed by atoms with Gasteiger partial charge in [0, 0.05) is 16.7 Å². The Bertz CT molecular complexity index is 323. The summed E-state index contributed by atoms with van der Waals surface area (Å²) >= 11 is 1.97. The van der Waals surface area contributed by atoms with Gasteiger partial charge in [0.25, 0.3) is 0 Å². The van der Waals surface area contributed by atoms with Gasteiger partial charge in [0.15, 0.2) is 0 Å². The van der Waals surface area contributed by atoms with Gasteiger partial charge in [-0.05, 0) is 43.1 Å². The highest BCUT2D eigenvalue weighted by molar-refractivity contribution is 7.99. The van der Waals surface area contributed by atoms with E-state index in [4.69, 9.17) is 0 Å². The highest BCUT2D eigenvalue weighted by atomic mass is 32.2. The summed E-state index contributed by atoms with van der Waals surface area (Å²) in [6, 6.07) is 6.81. The van der Waals surface area contributed by atoms with Gasteiger partial charge in [-0.1, -0.05) is 26.8 Å². The topological polar surface area (TPSA) is 12.0 Å². The molecule has 0 aliphatic heterocycles. The van der Waals surface area contributed by atoms with Crippen molar-refractivity contribution >= 4 is 11.8 Å². The maximum Gasteiger partial charge on any atom is 0.0208 e. The van der Waals surface area contributed by atoms with Crippen molar-refractivity contribution in [3.05, 3.63) is 29.3 Å². The minimum absolute atomic E-state index is 0.707. The zero-order valence-corrected chi connectivity index (χ0v) is 11.7. The summed E-state index contributed by atoms with van der Waals surface area (Å²) in [6.45, 7) is 10.9. The minimum Gasteiger partial charge on any atom is -0.313 e. The first-order valence-corrected chi connectivity index (χ1v) is 7.02. The Morgan fingerprint density at radius 3 is 2.62 bits per heavy atom. The third-order valence-electron chi connectivity index (χ3n) is 2.79. The van der Waals surface area contributed by atoms with Gasteiger partial charge in [-0.25, -0.2) is 0 Å². The molecule has 0 radical (unpaired) electrons. The molecular weight excluding hydrogens is 214 g/mol. The Labute approximate surface area is 104 Å². The maximum absolute atomic E-state index is 3.37. The predicted octanol–water partition coefficient (Wildman–Crippen LogP) is 4.00. The van der Waals surface area contributed by atoms with Crippen LogP contribution in [0, 0.1) is 6.92 Å². The van der Waals surface area contributed by atoms with Gasteiger partial charge in [-0.2, -0.15) is 0 Å². The van der Waals surface area contributed by atoms with Crippen LogP contribution >= 0.6 is 11.8 Å². The molecule has 1 aromatic carbocycles. The van der Waals surface area contributed by atoms with Crippen LogP contribution in [-0.4, -0.2) is 11.8 Å². The molecule has 1 rings (SSSR count). The fraction of sp³-hybridized carbons (Fsp3) is 0.571. The largest absolute Gasteiger partial charge is 0.313 e. The lowest BCUT2D eigenvalue weighted by molar-refractivity contribution is 0.723. The molecule has 1 unspecified atom stereocenters. The van der Waals surface area contributed by atoms with Crippen molar-refractivity contribution in [2.75, 3.05) is 6.54 Å². The van der Waals surface area contributed by atoms with Gasteiger partial charge in [-0.3, -0.25) is 0 Å². The van der Waals surface area contributed by atoms with Gasteiger partial charge in [0.1, 0.15) is 0 Å². The SMILES string of the molecule is CCNCc1ccc(SC(C)CC)cc1C. The minimum atomic E-state index is 0.707. The third kappa shape index (κ3) is 4.18. The van der Waals surface area contributed by atoms with Crippen LogP contribution in [-0.2, 0) is 6.54 Å². The van der Waals surface area contributed by atoms with E-state index in [0.717, 1.165) is 13.1 Å². The number of hydrogen-bond donors (Lipinski definition) is 1. The molecule has 1 N–H and O–H groups in total. The fourth-order valence-electron chi connectivity index (χ4n) is 1.52. The monoisotopic (exact) mass is 237 g/mol. The van der Waals surface area contributed by atoms with Crippen LogP contribution < -0.4 is 5.32 Å². The number of rotatable bonds is 6. The van der Waals surface area contributed by atoms with E-state index in [1.54, 1.807) is 0 Å². The van der Waals surface area contributed by atoms with Crippen molar-refractivity contribution in [2.24, 2.45) is 0 Å². The summed E-state index contributed by atoms with van der Waals surface area (Å²) in [5.74, 6) is 0. The van der Waals surface area contributed by atoms with Crippen molar-refractivity contribution < 1.29 is 0 Å². The van der Waals surface area contributed by atoms with Crippen LogP contribution in [0.4, 0.5) is 0 Å². The molecule has 0 heterocycles. The predicted molar refractivity (Wildman–Crippen MR) is 74.2 cm³/mol. The van der Waals surface area contributed by atoms with Crippen LogP contribution in [0.25, 0.3) is 0 Å². The third-order valence-corrected chi connectivity index (χ3v) is 4.05. The summed E-state index contributed by atoms with van der Waals surface area (Å²) in [5, 5.41) is 4.08. The second-order valence-corrected chi connectivity index (χ2v) is 5.72. The molecular formula is C14H23NS. The number of aryl methyl sites for hydroxylation is 1. The smallest absolute Gasteiger partial charge is 0.0208 e. The Kier molecular flexibility index (Phi) is 5.93. The Morgan fingerprint density at radius 1 is 1.31 bits per heavy atom. The van der Waals surface area contributed by atoms with Gasteiger partial charge in [0.2, 0.25) is 0 Å². The first kappa shape index (κ1) is 13.6. The zero-order chi connectivity index (χ0) is 12.0. The lowest BCUT2D eigenvalue weighted by atomic mass is 10.1. The van der Waals surface area contributed by atoms with Gasteiger partial charge < -0.3 is 5.32 Å². The normalized spacial score (nSPS) is 12.8. The van der Waals surface area contributed by atoms with E-state index in [1.807, 2.05) is 11.8 Å². The van der Waals surface area contributed by atoms with E-state index in [-0.39, 0.29) is 0 Å². The standard InChI is InChI=1S/C14H23NS/c1-5-12(4)16-14-8-7-13(10-15-6-2)11(3)9-14/h7-9,12,15H,5-6,10H2,1-4H3. The quantitative estimate of drug-likeness (QED) is 0.751. The molecule has 0 saturated heterocycles. The summed E-state index contributed by atoms with van der Waals surface area (Å²) in [7, 11) is 0. The van der Waals surface area contributed by atoms with Crippen LogP contribution in [0.5, 0.6) is 0 Å². The average Bonchev–Trinajstić information content (AvgIpc) is 2.28. The van der Waals surface area contributed by atoms with Gasteiger partial charge in [0.05, 0.1) is 0 Å². The molecule has 1 aromatic rings. The molecule has 1 atom stereocenters. The van der Waals surface area contributed by atoms with Crippen LogP contribution in [0.15, 0.2) is 23.1 Å². The van der Waals surface area contributed by atoms with E-state index in [9.17, 15) is 0 Å². The molecule has 1 nitrogen and oxygen atoms in total. The van der Waals surface area contributed by atoms with Crippen LogP contribution in [0.3, 0.4) is 0 Å². The fourth-order valence-corrected chi connectivity index (χ4v) is 2.54. The van der Waals surface area contributed by atoms with Crippen molar-refractivity contribution in [3.8, 4) is 0 Å². The first-order valence-electron chi connectivity index (χ1n) is 6.14. The number of benzene rings is 1. The van der Waals surface area contributed by atoms with E-state index >= 15 is 0 Å². The summed E-state index contributed by atoms with van der Waals surface area (Å²) in [6.07, 6.45) is 1.23. The molecule has 16 heavy (non-hydrogen) atoms. The van der Waals surface area contributed by atoms with Crippen molar-refractivity contribution in [1.82, 2.24) is 5.32 Å². The molecule has 0 aromatic heterocycles. The molecule has 0 aliphatic carbocycles. The van der Waals surface area contributed by atoms with E-state index in [2.05, 4.69) is 51.2 Å². The molecule has 0 spiro atoms. The Balaban J connectivity index is 2.66. The summed E-state index contributed by atoms with van der Waals surface area (Å²) < 4.78 is 0. The van der Waals surface area contributed by atoms with Crippen LogP contribution in [0.1, 0.15) is 38.3 Å². The molecule has 2 heteroatoms. The zero-order valence-electron chi connectivity index (χ0n) is 10.8. The molecule has 0 amide bonds. The average molecular weight is 237 g/mol. The number of thioether (sulfide) groups is 1. The Morgan fingerprint density at radius 2 is 2.06 bits per heavy atom. The molecule has 0 bridgehead atoms. The second-order valence-electron chi connectivity index (χ2n) is 4.21. The van der Waals surface area contributed by atoms with E-state index < -0.39 is 0 Å². The Hall–Kier alpha value is -0.470. The lowest BCUT2D eigenvalue weighted by Gasteiger charge is -2.11. The van der Waals surface area contributed by atoms with Gasteiger partial charge in [-0.15, -0.1) is 11.8 Å². The van der Waals surface area contributed by atoms with E-state index in [0.29, 0.717) is 5.25 Å². The molecule has 90 valence electrons. The number of hydrogen-bond acceptors (Lipinski definition) is 2. The summed E-state index contributed by atoms with van der Waals surface area (Å²) in [5.41, 5.74) is 2.81. The summed E-state index contributed by atoms with van der Waals surface area (Å²) in [4.78, 5) is 1.40. The first-order chi connectivity index (χ1) is 7.67. The highest BCUT2D eigenvalue weighted by Gasteiger charge is 2.04. The van der Waals surface area contributed by atoms with Gasteiger partial charge >= 0.3 is 0 Å². The molecule has 0 fully saturated rings. The van der Waals surface area contributed by atoms with Crippen LogP contribution in [0.2, 0.25) is 0 Å². The second kappa shape index (κ2) is 6.97. The lowest BCUT2D eigenvalue weighted by Crippen LogP contribution is -2.12. The molecule has 0 aliphatic rings. The highest BCUT2D eigenvalue weighted by Crippen LogP contribution is 2.26. The number of nitrogens with one attached hydrogen (secondary N) is 1.